The van der Waals surface area contributed by atoms with E-state index in [1.165, 1.54) is 18.2 Å². The van der Waals surface area contributed by atoms with Gasteiger partial charge >= 0.3 is 0 Å². The van der Waals surface area contributed by atoms with E-state index in [0.29, 0.717) is 14.6 Å². The summed E-state index contributed by atoms with van der Waals surface area (Å²) in [6.07, 6.45) is 0. The molecule has 0 aromatic heterocycles. The van der Waals surface area contributed by atoms with Gasteiger partial charge in [0.25, 0.3) is 5.91 Å². The predicted octanol–water partition coefficient (Wildman–Crippen LogP) is 4.18. The molecule has 0 bridgehead atoms. The number of anilines is 1. The highest BCUT2D eigenvalue weighted by Gasteiger charge is 2.13. The second-order valence-electron chi connectivity index (χ2n) is 4.18. The number of hydrogen-bond acceptors (Lipinski definition) is 3. The Kier molecular flexibility index (Phi) is 5.49. The van der Waals surface area contributed by atoms with E-state index in [1.807, 2.05) is 0 Å². The number of amides is 1. The molecule has 4 nitrogen and oxygen atoms in total. The van der Waals surface area contributed by atoms with Crippen molar-refractivity contribution in [3.8, 4) is 5.75 Å². The van der Waals surface area contributed by atoms with Crippen LogP contribution in [0.2, 0.25) is 0 Å². The van der Waals surface area contributed by atoms with Crippen LogP contribution in [0.5, 0.6) is 5.75 Å². The molecule has 0 heterocycles. The summed E-state index contributed by atoms with van der Waals surface area (Å²) in [5.41, 5.74) is 0.440. The Morgan fingerprint density at radius 1 is 1.18 bits per heavy atom. The number of halogens is 3. The number of phenolic OH excluding ortho intramolecular Hbond substituents is 1. The van der Waals surface area contributed by atoms with Crippen LogP contribution in [0.4, 0.5) is 10.1 Å². The van der Waals surface area contributed by atoms with Crippen molar-refractivity contribution in [3.63, 3.8) is 0 Å². The molecule has 22 heavy (non-hydrogen) atoms. The molecule has 0 unspecified atom stereocenters. The van der Waals surface area contributed by atoms with Gasteiger partial charge in [-0.1, -0.05) is 12.1 Å². The van der Waals surface area contributed by atoms with Gasteiger partial charge in [0.05, 0.1) is 14.5 Å². The van der Waals surface area contributed by atoms with Crippen molar-refractivity contribution in [1.29, 1.82) is 0 Å². The van der Waals surface area contributed by atoms with Gasteiger partial charge < -0.3 is 10.4 Å². The van der Waals surface area contributed by atoms with E-state index in [-0.39, 0.29) is 16.4 Å². The SMILES string of the molecule is O=C(NC(=S)Nc1cc(Br)c(O)c(Br)c1)c1ccccc1F. The molecule has 2 aromatic rings. The summed E-state index contributed by atoms with van der Waals surface area (Å²) < 4.78 is 14.4. The summed E-state index contributed by atoms with van der Waals surface area (Å²) in [6.45, 7) is 0. The third-order valence-electron chi connectivity index (χ3n) is 2.62. The highest BCUT2D eigenvalue weighted by Crippen LogP contribution is 2.35. The van der Waals surface area contributed by atoms with Gasteiger partial charge in [0.15, 0.2) is 5.11 Å². The first-order valence-corrected chi connectivity index (χ1v) is 7.93. The summed E-state index contributed by atoms with van der Waals surface area (Å²) >= 11 is 11.4. The summed E-state index contributed by atoms with van der Waals surface area (Å²) in [4.78, 5) is 11.9. The number of benzene rings is 2. The largest absolute Gasteiger partial charge is 0.506 e. The molecule has 2 aromatic carbocycles. The molecule has 0 atom stereocenters. The highest BCUT2D eigenvalue weighted by molar-refractivity contribution is 9.11. The minimum Gasteiger partial charge on any atom is -0.506 e. The number of hydrogen-bond donors (Lipinski definition) is 3. The van der Waals surface area contributed by atoms with Crippen molar-refractivity contribution in [2.24, 2.45) is 0 Å². The fraction of sp³-hybridized carbons (Fsp3) is 0. The second-order valence-corrected chi connectivity index (χ2v) is 6.29. The van der Waals surface area contributed by atoms with Gasteiger partial charge in [-0.25, -0.2) is 4.39 Å². The lowest BCUT2D eigenvalue weighted by Crippen LogP contribution is -2.34. The molecule has 0 radical (unpaired) electrons. The maximum atomic E-state index is 13.5. The molecular formula is C14H9Br2FN2O2S. The van der Waals surface area contributed by atoms with Crippen molar-refractivity contribution in [2.75, 3.05) is 5.32 Å². The van der Waals surface area contributed by atoms with E-state index >= 15 is 0 Å². The maximum Gasteiger partial charge on any atom is 0.260 e. The van der Waals surface area contributed by atoms with Crippen molar-refractivity contribution >= 4 is 60.8 Å². The van der Waals surface area contributed by atoms with Crippen LogP contribution in [-0.4, -0.2) is 16.1 Å². The normalized spacial score (nSPS) is 10.1. The summed E-state index contributed by atoms with van der Waals surface area (Å²) in [5.74, 6) is -1.22. The Labute approximate surface area is 148 Å². The van der Waals surface area contributed by atoms with E-state index < -0.39 is 11.7 Å². The zero-order valence-electron chi connectivity index (χ0n) is 10.9. The van der Waals surface area contributed by atoms with Gasteiger partial charge in [-0.3, -0.25) is 10.1 Å². The van der Waals surface area contributed by atoms with Crippen LogP contribution in [0.3, 0.4) is 0 Å². The molecule has 114 valence electrons. The first kappa shape index (κ1) is 16.9. The van der Waals surface area contributed by atoms with Crippen molar-refractivity contribution < 1.29 is 14.3 Å². The van der Waals surface area contributed by atoms with E-state index in [4.69, 9.17) is 12.2 Å². The molecule has 0 aliphatic rings. The van der Waals surface area contributed by atoms with Crippen LogP contribution in [0, 0.1) is 5.82 Å². The van der Waals surface area contributed by atoms with Gasteiger partial charge in [0.1, 0.15) is 11.6 Å². The molecule has 0 aliphatic heterocycles. The lowest BCUT2D eigenvalue weighted by atomic mass is 10.2. The predicted molar refractivity (Wildman–Crippen MR) is 93.6 cm³/mol. The van der Waals surface area contributed by atoms with Crippen molar-refractivity contribution in [1.82, 2.24) is 5.32 Å². The van der Waals surface area contributed by atoms with Gasteiger partial charge in [-0.05, 0) is 68.3 Å². The number of thiocarbonyl (C=S) groups is 1. The van der Waals surface area contributed by atoms with Crippen LogP contribution in [-0.2, 0) is 0 Å². The Hall–Kier alpha value is -1.51. The minimum atomic E-state index is -0.646. The van der Waals surface area contributed by atoms with Gasteiger partial charge in [0, 0.05) is 5.69 Å². The van der Waals surface area contributed by atoms with Gasteiger partial charge in [0.2, 0.25) is 0 Å². The Morgan fingerprint density at radius 3 is 2.36 bits per heavy atom. The van der Waals surface area contributed by atoms with Crippen LogP contribution in [0.15, 0.2) is 45.3 Å². The lowest BCUT2D eigenvalue weighted by molar-refractivity contribution is 0.0974. The molecule has 2 rings (SSSR count). The van der Waals surface area contributed by atoms with E-state index in [9.17, 15) is 14.3 Å². The summed E-state index contributed by atoms with van der Waals surface area (Å²) in [7, 11) is 0. The number of rotatable bonds is 2. The first-order valence-electron chi connectivity index (χ1n) is 5.93. The Balaban J connectivity index is 2.08. The number of nitrogens with one attached hydrogen (secondary N) is 2. The lowest BCUT2D eigenvalue weighted by Gasteiger charge is -2.11. The second kappa shape index (κ2) is 7.17. The van der Waals surface area contributed by atoms with Crippen LogP contribution in [0.25, 0.3) is 0 Å². The Bertz CT molecular complexity index is 732. The summed E-state index contributed by atoms with van der Waals surface area (Å²) in [5, 5.41) is 14.8. The van der Waals surface area contributed by atoms with Crippen LogP contribution < -0.4 is 10.6 Å². The number of aromatic hydroxyl groups is 1. The molecule has 0 saturated carbocycles. The molecule has 3 N–H and O–H groups in total. The van der Waals surface area contributed by atoms with Crippen molar-refractivity contribution in [2.45, 2.75) is 0 Å². The van der Waals surface area contributed by atoms with E-state index in [0.717, 1.165) is 0 Å². The molecule has 8 heteroatoms. The molecule has 0 fully saturated rings. The maximum absolute atomic E-state index is 13.5. The van der Waals surface area contributed by atoms with Gasteiger partial charge in [-0.15, -0.1) is 0 Å². The topological polar surface area (TPSA) is 61.4 Å². The van der Waals surface area contributed by atoms with Crippen molar-refractivity contribution in [3.05, 3.63) is 56.7 Å². The molecule has 0 saturated heterocycles. The zero-order valence-corrected chi connectivity index (χ0v) is 14.9. The number of carbonyl (C=O) groups is 1. The first-order chi connectivity index (χ1) is 10.4. The average molecular weight is 448 g/mol. The van der Waals surface area contributed by atoms with Gasteiger partial charge in [-0.2, -0.15) is 0 Å². The molecular weight excluding hydrogens is 439 g/mol. The smallest absolute Gasteiger partial charge is 0.260 e. The fourth-order valence-corrected chi connectivity index (χ4v) is 3.01. The highest BCUT2D eigenvalue weighted by atomic mass is 79.9. The van der Waals surface area contributed by atoms with E-state index in [2.05, 4.69) is 42.5 Å². The van der Waals surface area contributed by atoms with E-state index in [1.54, 1.807) is 18.2 Å². The van der Waals surface area contributed by atoms with Crippen LogP contribution >= 0.6 is 44.1 Å². The summed E-state index contributed by atoms with van der Waals surface area (Å²) in [6, 6.07) is 8.78. The quantitative estimate of drug-likeness (QED) is 0.477. The molecule has 0 aliphatic carbocycles. The Morgan fingerprint density at radius 2 is 1.77 bits per heavy atom. The third kappa shape index (κ3) is 4.02. The standard InChI is InChI=1S/C14H9Br2FN2O2S/c15-9-5-7(6-10(16)12(9)20)18-14(22)19-13(21)8-3-1-2-4-11(8)17/h1-6,20H,(H2,18,19,21,22). The average Bonchev–Trinajstić information content (AvgIpc) is 2.44. The number of carbonyl (C=O) groups excluding carboxylic acids is 1. The number of phenols is 1. The van der Waals surface area contributed by atoms with Crippen LogP contribution in [0.1, 0.15) is 10.4 Å². The molecule has 1 amide bonds. The zero-order chi connectivity index (χ0) is 16.3. The molecule has 0 spiro atoms. The fourth-order valence-electron chi connectivity index (χ4n) is 1.62. The third-order valence-corrected chi connectivity index (χ3v) is 4.03. The minimum absolute atomic E-state index is 0.0118. The monoisotopic (exact) mass is 446 g/mol.